The van der Waals surface area contributed by atoms with Crippen LogP contribution in [0.2, 0.25) is 0 Å². The maximum atomic E-state index is 6.65. The third-order valence-corrected chi connectivity index (χ3v) is 11.3. The molecule has 0 spiro atoms. The van der Waals surface area contributed by atoms with Crippen molar-refractivity contribution in [3.63, 3.8) is 0 Å². The van der Waals surface area contributed by atoms with Crippen LogP contribution >= 0.6 is 0 Å². The Labute approximate surface area is 315 Å². The second-order valence-electron chi connectivity index (χ2n) is 17.2. The minimum absolute atomic E-state index is 0.211. The van der Waals surface area contributed by atoms with Crippen molar-refractivity contribution in [1.29, 1.82) is 0 Å². The van der Waals surface area contributed by atoms with Crippen molar-refractivity contribution < 1.29 is 4.74 Å². The van der Waals surface area contributed by atoms with E-state index in [0.717, 1.165) is 63.8 Å². The summed E-state index contributed by atoms with van der Waals surface area (Å²) >= 11 is 0. The first kappa shape index (κ1) is 36.2. The maximum absolute atomic E-state index is 6.65. The largest absolute Gasteiger partial charge is 0.457 e. The third-order valence-electron chi connectivity index (χ3n) is 11.3. The first-order valence-corrected chi connectivity index (χ1v) is 19.1. The highest BCUT2D eigenvalue weighted by Gasteiger charge is 2.27. The first-order chi connectivity index (χ1) is 25.2. The van der Waals surface area contributed by atoms with E-state index < -0.39 is 0 Å². The van der Waals surface area contributed by atoms with Gasteiger partial charge < -0.3 is 4.74 Å². The SMILES string of the molecule is Cc1nn(-c2cccc(Oc3ccc4c5cc(C(C)C(C)C(C)(C)C)ccc5n(-c5cc(CCC(C)(C)C)ccn5)c4c3)c2)c(C)c1-c1ccccc1. The van der Waals surface area contributed by atoms with Gasteiger partial charge in [-0.2, -0.15) is 5.10 Å². The Bertz CT molecular complexity index is 2400. The van der Waals surface area contributed by atoms with Crippen molar-refractivity contribution in [1.82, 2.24) is 19.3 Å². The number of nitrogens with zero attached hydrogens (tertiary/aromatic N) is 4. The number of benzene rings is 4. The minimum atomic E-state index is 0.211. The lowest BCUT2D eigenvalue weighted by Crippen LogP contribution is -2.22. The fourth-order valence-electron chi connectivity index (χ4n) is 7.64. The number of aromatic nitrogens is 4. The summed E-state index contributed by atoms with van der Waals surface area (Å²) in [7, 11) is 0. The van der Waals surface area contributed by atoms with Crippen molar-refractivity contribution in [3.8, 4) is 34.1 Å². The lowest BCUT2D eigenvalue weighted by Gasteiger charge is -2.32. The van der Waals surface area contributed by atoms with Crippen molar-refractivity contribution >= 4 is 21.8 Å². The van der Waals surface area contributed by atoms with Crippen molar-refractivity contribution in [2.24, 2.45) is 16.7 Å². The van der Waals surface area contributed by atoms with Gasteiger partial charge in [0.05, 0.1) is 22.4 Å². The lowest BCUT2D eigenvalue weighted by atomic mass is 9.72. The summed E-state index contributed by atoms with van der Waals surface area (Å²) in [6.45, 7) is 22.9. The molecule has 3 heterocycles. The molecule has 0 saturated carbocycles. The first-order valence-electron chi connectivity index (χ1n) is 19.1. The van der Waals surface area contributed by atoms with Gasteiger partial charge in [0.1, 0.15) is 17.3 Å². The number of hydrogen-bond donors (Lipinski definition) is 0. The normalized spacial score (nSPS) is 13.5. The van der Waals surface area contributed by atoms with Crippen LogP contribution in [0.1, 0.15) is 90.2 Å². The molecule has 2 unspecified atom stereocenters. The Kier molecular flexibility index (Phi) is 9.57. The van der Waals surface area contributed by atoms with E-state index >= 15 is 0 Å². The molecule has 0 N–H and O–H groups in total. The molecular weight excluding hydrogens is 649 g/mol. The zero-order valence-electron chi connectivity index (χ0n) is 33.2. The molecule has 0 fully saturated rings. The molecule has 3 aromatic heterocycles. The van der Waals surface area contributed by atoms with Crippen molar-refractivity contribution in [2.75, 3.05) is 0 Å². The molecule has 0 aliphatic carbocycles. The topological polar surface area (TPSA) is 44.9 Å². The second kappa shape index (κ2) is 14.0. The molecule has 0 bridgehead atoms. The number of fused-ring (bicyclic) bond motifs is 3. The van der Waals surface area contributed by atoms with Gasteiger partial charge in [-0.25, -0.2) is 9.67 Å². The van der Waals surface area contributed by atoms with E-state index in [1.54, 1.807) is 0 Å². The number of hydrogen-bond acceptors (Lipinski definition) is 3. The zero-order chi connectivity index (χ0) is 37.7. The van der Waals surface area contributed by atoms with Gasteiger partial charge in [0.15, 0.2) is 0 Å². The van der Waals surface area contributed by atoms with E-state index in [2.05, 4.69) is 159 Å². The summed E-state index contributed by atoms with van der Waals surface area (Å²) < 4.78 is 11.0. The Morgan fingerprint density at radius 3 is 2.21 bits per heavy atom. The van der Waals surface area contributed by atoms with E-state index in [0.29, 0.717) is 11.8 Å². The minimum Gasteiger partial charge on any atom is -0.457 e. The number of pyridine rings is 1. The van der Waals surface area contributed by atoms with Crippen molar-refractivity contribution in [2.45, 2.75) is 88.0 Å². The molecule has 0 aliphatic heterocycles. The fourth-order valence-corrected chi connectivity index (χ4v) is 7.64. The molecule has 0 aliphatic rings. The van der Waals surface area contributed by atoms with E-state index in [1.165, 1.54) is 27.5 Å². The van der Waals surface area contributed by atoms with Gasteiger partial charge in [0.25, 0.3) is 0 Å². The summed E-state index contributed by atoms with van der Waals surface area (Å²) in [5.41, 5.74) is 10.8. The molecule has 0 amide bonds. The second-order valence-corrected chi connectivity index (χ2v) is 17.2. The van der Waals surface area contributed by atoms with Crippen LogP contribution in [0.3, 0.4) is 0 Å². The molecule has 5 nitrogen and oxygen atoms in total. The Balaban J connectivity index is 1.30. The monoisotopic (exact) mass is 702 g/mol. The van der Waals surface area contributed by atoms with Crippen LogP contribution in [0.4, 0.5) is 0 Å². The summed E-state index contributed by atoms with van der Waals surface area (Å²) in [5, 5.41) is 7.37. The smallest absolute Gasteiger partial charge is 0.137 e. The van der Waals surface area contributed by atoms with E-state index in [-0.39, 0.29) is 10.8 Å². The molecule has 0 saturated heterocycles. The zero-order valence-corrected chi connectivity index (χ0v) is 33.2. The van der Waals surface area contributed by atoms with Crippen LogP contribution in [0.25, 0.3) is 44.4 Å². The van der Waals surface area contributed by atoms with Gasteiger partial charge in [-0.3, -0.25) is 4.57 Å². The summed E-state index contributed by atoms with van der Waals surface area (Å²) in [6, 6.07) is 36.6. The van der Waals surface area contributed by atoms with E-state index in [9.17, 15) is 0 Å². The predicted molar refractivity (Wildman–Crippen MR) is 222 cm³/mol. The van der Waals surface area contributed by atoms with Gasteiger partial charge in [0, 0.05) is 40.4 Å². The van der Waals surface area contributed by atoms with Crippen LogP contribution in [-0.2, 0) is 6.42 Å². The van der Waals surface area contributed by atoms with Crippen LogP contribution in [0.15, 0.2) is 109 Å². The standard InChI is InChI=1S/C48H54N4O/c1-31(32(2)48(8,9)10)37-19-22-43-42(28-37)41-21-20-40(30-44(41)51(43)45-27-35(24-26-49-45)23-25-47(5,6)7)53-39-18-14-17-38(29-39)52-34(4)46(33(3)50-52)36-15-12-11-13-16-36/h11-22,24,26-32H,23,25H2,1-10H3. The van der Waals surface area contributed by atoms with Gasteiger partial charge in [-0.15, -0.1) is 0 Å². The summed E-state index contributed by atoms with van der Waals surface area (Å²) in [5.74, 6) is 3.39. The highest BCUT2D eigenvalue weighted by Crippen LogP contribution is 2.41. The average Bonchev–Trinajstić information content (AvgIpc) is 3.61. The van der Waals surface area contributed by atoms with E-state index in [1.807, 2.05) is 29.1 Å². The van der Waals surface area contributed by atoms with Gasteiger partial charge in [-0.1, -0.05) is 97.9 Å². The molecule has 272 valence electrons. The average molecular weight is 703 g/mol. The summed E-state index contributed by atoms with van der Waals surface area (Å²) in [4.78, 5) is 4.96. The molecule has 7 rings (SSSR count). The van der Waals surface area contributed by atoms with Crippen LogP contribution in [0.5, 0.6) is 11.5 Å². The highest BCUT2D eigenvalue weighted by molar-refractivity contribution is 6.09. The third kappa shape index (κ3) is 7.40. The van der Waals surface area contributed by atoms with Crippen molar-refractivity contribution in [3.05, 3.63) is 132 Å². The highest BCUT2D eigenvalue weighted by atomic mass is 16.5. The van der Waals surface area contributed by atoms with Crippen LogP contribution in [0, 0.1) is 30.6 Å². The molecule has 7 aromatic rings. The number of rotatable bonds is 9. The van der Waals surface area contributed by atoms with Gasteiger partial charge >= 0.3 is 0 Å². The number of ether oxygens (including phenoxy) is 1. The molecule has 0 radical (unpaired) electrons. The summed E-state index contributed by atoms with van der Waals surface area (Å²) in [6.07, 6.45) is 4.08. The predicted octanol–water partition coefficient (Wildman–Crippen LogP) is 13.2. The quantitative estimate of drug-likeness (QED) is 0.150. The van der Waals surface area contributed by atoms with Gasteiger partial charge in [0.2, 0.25) is 0 Å². The number of aryl methyl sites for hydroxylation is 2. The molecule has 4 aromatic carbocycles. The Morgan fingerprint density at radius 2 is 1.47 bits per heavy atom. The van der Waals surface area contributed by atoms with Crippen LogP contribution < -0.4 is 4.74 Å². The molecule has 2 atom stereocenters. The van der Waals surface area contributed by atoms with Gasteiger partial charge in [-0.05, 0) is 115 Å². The molecule has 5 heteroatoms. The lowest BCUT2D eigenvalue weighted by molar-refractivity contribution is 0.228. The molecule has 53 heavy (non-hydrogen) atoms. The Hall–Kier alpha value is -5.16. The molecular formula is C48H54N4O. The van der Waals surface area contributed by atoms with E-state index in [4.69, 9.17) is 14.8 Å². The maximum Gasteiger partial charge on any atom is 0.137 e. The fraction of sp³-hybridized carbons (Fsp3) is 0.333. The van der Waals surface area contributed by atoms with Crippen LogP contribution in [-0.4, -0.2) is 19.3 Å². The Morgan fingerprint density at radius 1 is 0.717 bits per heavy atom.